The van der Waals surface area contributed by atoms with Crippen molar-refractivity contribution in [1.82, 2.24) is 15.5 Å². The number of carbonyl (C=O) groups is 2. The summed E-state index contributed by atoms with van der Waals surface area (Å²) in [5.41, 5.74) is -1.13. The lowest BCUT2D eigenvalue weighted by Gasteiger charge is -2.32. The number of nitrogens with zero attached hydrogens (tertiary/aromatic N) is 2. The number of rotatable bonds is 5. The first-order valence-electron chi connectivity index (χ1n) is 9.63. The van der Waals surface area contributed by atoms with Crippen molar-refractivity contribution in [2.45, 2.75) is 70.4 Å². The molecular formula is C19H32N4O3. The van der Waals surface area contributed by atoms with Gasteiger partial charge in [-0.2, -0.15) is 5.26 Å². The topological polar surface area (TPSA) is 94.5 Å². The van der Waals surface area contributed by atoms with Gasteiger partial charge in [-0.25, -0.2) is 4.79 Å². The lowest BCUT2D eigenvalue weighted by Crippen LogP contribution is -2.50. The summed E-state index contributed by atoms with van der Waals surface area (Å²) in [6, 6.07) is 2.29. The predicted molar refractivity (Wildman–Crippen MR) is 98.4 cm³/mol. The van der Waals surface area contributed by atoms with Crippen LogP contribution in [-0.4, -0.2) is 54.2 Å². The average molecular weight is 364 g/mol. The molecule has 0 aromatic heterocycles. The van der Waals surface area contributed by atoms with Gasteiger partial charge in [0, 0.05) is 6.54 Å². The highest BCUT2D eigenvalue weighted by Gasteiger charge is 2.35. The lowest BCUT2D eigenvalue weighted by atomic mass is 9.96. The molecule has 1 aliphatic carbocycles. The summed E-state index contributed by atoms with van der Waals surface area (Å²) in [6.07, 6.45) is 5.02. The summed E-state index contributed by atoms with van der Waals surface area (Å²) < 4.78 is 5.25. The molecule has 2 aliphatic rings. The molecule has 0 aromatic carbocycles. The SMILES string of the molecule is CC(C)(C)OC(=O)NCC1CCN(CC(=O)NC2(C#N)CCCC2)CC1. The Morgan fingerprint density at radius 1 is 1.23 bits per heavy atom. The van der Waals surface area contributed by atoms with Crippen LogP contribution in [0.3, 0.4) is 0 Å². The number of hydrogen-bond acceptors (Lipinski definition) is 5. The molecule has 146 valence electrons. The monoisotopic (exact) mass is 364 g/mol. The van der Waals surface area contributed by atoms with Crippen molar-refractivity contribution in [2.75, 3.05) is 26.2 Å². The summed E-state index contributed by atoms with van der Waals surface area (Å²) in [4.78, 5) is 26.1. The van der Waals surface area contributed by atoms with E-state index in [-0.39, 0.29) is 12.0 Å². The van der Waals surface area contributed by atoms with E-state index in [4.69, 9.17) is 4.74 Å². The number of ether oxygens (including phenoxy) is 1. The van der Waals surface area contributed by atoms with Gasteiger partial charge in [-0.15, -0.1) is 0 Å². The van der Waals surface area contributed by atoms with Gasteiger partial charge in [0.1, 0.15) is 11.1 Å². The molecule has 2 rings (SSSR count). The Hall–Kier alpha value is -1.81. The zero-order valence-electron chi connectivity index (χ0n) is 16.3. The van der Waals surface area contributed by atoms with E-state index in [1.807, 2.05) is 20.8 Å². The van der Waals surface area contributed by atoms with Gasteiger partial charge < -0.3 is 15.4 Å². The highest BCUT2D eigenvalue weighted by Crippen LogP contribution is 2.28. The van der Waals surface area contributed by atoms with Gasteiger partial charge >= 0.3 is 6.09 Å². The number of piperidine rings is 1. The molecule has 1 aliphatic heterocycles. The molecule has 1 saturated heterocycles. The second-order valence-corrected chi connectivity index (χ2v) is 8.55. The quantitative estimate of drug-likeness (QED) is 0.780. The maximum absolute atomic E-state index is 12.3. The van der Waals surface area contributed by atoms with E-state index in [9.17, 15) is 14.9 Å². The van der Waals surface area contributed by atoms with Crippen molar-refractivity contribution >= 4 is 12.0 Å². The van der Waals surface area contributed by atoms with Crippen molar-refractivity contribution in [1.29, 1.82) is 5.26 Å². The van der Waals surface area contributed by atoms with E-state index in [0.717, 1.165) is 51.6 Å². The van der Waals surface area contributed by atoms with Crippen LogP contribution in [0.4, 0.5) is 4.79 Å². The van der Waals surface area contributed by atoms with E-state index in [1.165, 1.54) is 0 Å². The molecule has 0 spiro atoms. The van der Waals surface area contributed by atoms with Gasteiger partial charge in [0.25, 0.3) is 0 Å². The third-order valence-electron chi connectivity index (χ3n) is 5.06. The third-order valence-corrected chi connectivity index (χ3v) is 5.06. The number of alkyl carbamates (subject to hydrolysis) is 1. The molecule has 0 atom stereocenters. The van der Waals surface area contributed by atoms with Crippen LogP contribution in [-0.2, 0) is 9.53 Å². The molecular weight excluding hydrogens is 332 g/mol. The van der Waals surface area contributed by atoms with Crippen molar-refractivity contribution in [3.05, 3.63) is 0 Å². The standard InChI is InChI=1S/C19H32N4O3/c1-18(2,3)26-17(25)21-12-15-6-10-23(11-7-15)13-16(24)22-19(14-20)8-4-5-9-19/h15H,4-13H2,1-3H3,(H,21,25)(H,22,24). The van der Waals surface area contributed by atoms with Crippen LogP contribution >= 0.6 is 0 Å². The number of carbonyl (C=O) groups excluding carboxylic acids is 2. The number of amides is 2. The Morgan fingerprint density at radius 2 is 1.85 bits per heavy atom. The van der Waals surface area contributed by atoms with Crippen molar-refractivity contribution in [3.8, 4) is 6.07 Å². The summed E-state index contributed by atoms with van der Waals surface area (Å²) in [5.74, 6) is 0.348. The Balaban J connectivity index is 1.66. The zero-order valence-corrected chi connectivity index (χ0v) is 16.3. The first kappa shape index (κ1) is 20.5. The fraction of sp³-hybridized carbons (Fsp3) is 0.842. The fourth-order valence-corrected chi connectivity index (χ4v) is 3.64. The molecule has 0 aromatic rings. The van der Waals surface area contributed by atoms with E-state index >= 15 is 0 Å². The molecule has 2 N–H and O–H groups in total. The Morgan fingerprint density at radius 3 is 2.38 bits per heavy atom. The third kappa shape index (κ3) is 6.49. The van der Waals surface area contributed by atoms with E-state index in [1.54, 1.807) is 0 Å². The highest BCUT2D eigenvalue weighted by atomic mass is 16.6. The molecule has 2 fully saturated rings. The van der Waals surface area contributed by atoms with Gasteiger partial charge in [-0.1, -0.05) is 0 Å². The number of nitrogens with one attached hydrogen (secondary N) is 2. The normalized spacial score (nSPS) is 21.0. The summed E-state index contributed by atoms with van der Waals surface area (Å²) in [5, 5.41) is 15.1. The van der Waals surface area contributed by atoms with Gasteiger partial charge in [0.15, 0.2) is 0 Å². The molecule has 26 heavy (non-hydrogen) atoms. The maximum atomic E-state index is 12.3. The zero-order chi connectivity index (χ0) is 19.2. The Kier molecular flexibility index (Phi) is 6.87. The predicted octanol–water partition coefficient (Wildman–Crippen LogP) is 2.18. The Bertz CT molecular complexity index is 536. The second-order valence-electron chi connectivity index (χ2n) is 8.55. The van der Waals surface area contributed by atoms with Crippen molar-refractivity contribution in [2.24, 2.45) is 5.92 Å². The largest absolute Gasteiger partial charge is 0.444 e. The van der Waals surface area contributed by atoms with Crippen molar-refractivity contribution < 1.29 is 14.3 Å². The van der Waals surface area contributed by atoms with Crippen LogP contribution in [0.15, 0.2) is 0 Å². The first-order chi connectivity index (χ1) is 12.2. The molecule has 0 bridgehead atoms. The van der Waals surface area contributed by atoms with Gasteiger partial charge in [0.05, 0.1) is 12.6 Å². The minimum Gasteiger partial charge on any atom is -0.444 e. The molecule has 7 heteroatoms. The minimum absolute atomic E-state index is 0.0567. The van der Waals surface area contributed by atoms with Crippen LogP contribution in [0.25, 0.3) is 0 Å². The second kappa shape index (κ2) is 8.72. The van der Waals surface area contributed by atoms with Gasteiger partial charge in [-0.3, -0.25) is 9.69 Å². The average Bonchev–Trinajstić information content (AvgIpc) is 3.01. The van der Waals surface area contributed by atoms with Gasteiger partial charge in [0.2, 0.25) is 5.91 Å². The summed E-state index contributed by atoms with van der Waals surface area (Å²) in [6.45, 7) is 8.14. The smallest absolute Gasteiger partial charge is 0.407 e. The Labute approximate surface area is 156 Å². The molecule has 2 amide bonds. The van der Waals surface area contributed by atoms with Crippen LogP contribution < -0.4 is 10.6 Å². The van der Waals surface area contributed by atoms with E-state index < -0.39 is 11.1 Å². The highest BCUT2D eigenvalue weighted by molar-refractivity contribution is 5.79. The summed E-state index contributed by atoms with van der Waals surface area (Å²) in [7, 11) is 0. The number of hydrogen-bond donors (Lipinski definition) is 2. The van der Waals surface area contributed by atoms with Crippen molar-refractivity contribution in [3.63, 3.8) is 0 Å². The molecule has 1 heterocycles. The van der Waals surface area contributed by atoms with Crippen LogP contribution in [0, 0.1) is 17.2 Å². The summed E-state index contributed by atoms with van der Waals surface area (Å²) >= 11 is 0. The fourth-order valence-electron chi connectivity index (χ4n) is 3.64. The molecule has 1 saturated carbocycles. The van der Waals surface area contributed by atoms with Crippen LogP contribution in [0.2, 0.25) is 0 Å². The molecule has 0 unspecified atom stereocenters. The van der Waals surface area contributed by atoms with E-state index in [2.05, 4.69) is 21.6 Å². The molecule has 7 nitrogen and oxygen atoms in total. The minimum atomic E-state index is -0.646. The van der Waals surface area contributed by atoms with Crippen LogP contribution in [0.5, 0.6) is 0 Å². The first-order valence-corrected chi connectivity index (χ1v) is 9.63. The van der Waals surface area contributed by atoms with Gasteiger partial charge in [-0.05, 0) is 78.3 Å². The molecule has 0 radical (unpaired) electrons. The van der Waals surface area contributed by atoms with Crippen LogP contribution in [0.1, 0.15) is 59.3 Å². The number of likely N-dealkylation sites (tertiary alicyclic amines) is 1. The van der Waals surface area contributed by atoms with E-state index in [0.29, 0.717) is 19.0 Å². The number of nitriles is 1. The maximum Gasteiger partial charge on any atom is 0.407 e. The lowest BCUT2D eigenvalue weighted by molar-refractivity contribution is -0.123.